The van der Waals surface area contributed by atoms with Crippen molar-refractivity contribution < 1.29 is 19.9 Å². The quantitative estimate of drug-likeness (QED) is 0.207. The van der Waals surface area contributed by atoms with E-state index < -0.39 is 6.10 Å². The van der Waals surface area contributed by atoms with Crippen LogP contribution in [0.3, 0.4) is 0 Å². The minimum atomic E-state index is -0.673. The number of oxime groups is 1. The fraction of sp³-hybridized carbons (Fsp3) is 0.567. The third-order valence-corrected chi connectivity index (χ3v) is 9.19. The van der Waals surface area contributed by atoms with Gasteiger partial charge in [-0.15, -0.1) is 0 Å². The van der Waals surface area contributed by atoms with Gasteiger partial charge in [-0.1, -0.05) is 29.4 Å². The van der Waals surface area contributed by atoms with Crippen molar-refractivity contribution in [2.24, 2.45) is 16.5 Å². The Labute approximate surface area is 240 Å². The van der Waals surface area contributed by atoms with E-state index in [1.807, 2.05) is 11.0 Å². The van der Waals surface area contributed by atoms with E-state index in [0.717, 1.165) is 58.0 Å². The Morgan fingerprint density at radius 1 is 1.10 bits per heavy atom. The predicted octanol–water partition coefficient (Wildman–Crippen LogP) is 2.05. The van der Waals surface area contributed by atoms with Crippen LogP contribution in [0.2, 0.25) is 0 Å². The van der Waals surface area contributed by atoms with Crippen molar-refractivity contribution in [2.45, 2.75) is 63.6 Å². The van der Waals surface area contributed by atoms with Crippen LogP contribution in [0.15, 0.2) is 41.8 Å². The monoisotopic (exact) mass is 561 g/mol. The Bertz CT molecular complexity index is 1300. The number of piperidine rings is 1. The number of benzene rings is 1. The van der Waals surface area contributed by atoms with Gasteiger partial charge < -0.3 is 25.8 Å². The van der Waals surface area contributed by atoms with Crippen molar-refractivity contribution in [2.75, 3.05) is 38.0 Å². The third kappa shape index (κ3) is 6.36. The first kappa shape index (κ1) is 27.6. The van der Waals surface area contributed by atoms with Crippen LogP contribution < -0.4 is 10.6 Å². The van der Waals surface area contributed by atoms with E-state index >= 15 is 0 Å². The number of hydrogen-bond donors (Lipinski definition) is 4. The lowest BCUT2D eigenvalue weighted by Crippen LogP contribution is -2.53. The van der Waals surface area contributed by atoms with Gasteiger partial charge in [0.2, 0.25) is 0 Å². The first-order valence-corrected chi connectivity index (χ1v) is 14.8. The van der Waals surface area contributed by atoms with Crippen LogP contribution in [0, 0.1) is 11.3 Å². The molecule has 2 aromatic rings. The standard InChI is InChI=1S/C30H39N7O4/c38-24(18-36-10-7-20-3-1-2-4-22(20)17-36)16-31-28(39)25-13-26(33-19-32-25)34-23-14-30(15-23)8-11-37(12-9-30)29(40)27(35-41)21-5-6-21/h1-4,13,19,21,23-24,38,41H,5-12,14-18H2,(H,31,39)(H,32,33,34)/t24-/m0/s1. The molecule has 2 amide bonds. The molecule has 4 aliphatic rings. The molecule has 1 aromatic carbocycles. The van der Waals surface area contributed by atoms with Crippen molar-refractivity contribution in [1.82, 2.24) is 25.1 Å². The summed E-state index contributed by atoms with van der Waals surface area (Å²) in [5.41, 5.74) is 3.46. The van der Waals surface area contributed by atoms with Crippen molar-refractivity contribution in [1.29, 1.82) is 0 Å². The molecular formula is C30H39N7O4. The number of aromatic nitrogens is 2. The smallest absolute Gasteiger partial charge is 0.271 e. The SMILES string of the molecule is O=C(NC[C@H](O)CN1CCc2ccccc2C1)c1cc(NC2CC3(CCN(C(=O)C(=NO)C4CC4)CC3)C2)ncn1. The molecule has 3 heterocycles. The van der Waals surface area contributed by atoms with Gasteiger partial charge >= 0.3 is 0 Å². The maximum atomic E-state index is 12.8. The average Bonchev–Trinajstić information content (AvgIpc) is 3.81. The van der Waals surface area contributed by atoms with Crippen LogP contribution in [0.1, 0.15) is 60.1 Å². The fourth-order valence-corrected chi connectivity index (χ4v) is 6.64. The average molecular weight is 562 g/mol. The van der Waals surface area contributed by atoms with Gasteiger partial charge in [-0.2, -0.15) is 0 Å². The zero-order chi connectivity index (χ0) is 28.4. The number of anilines is 1. The lowest BCUT2D eigenvalue weighted by molar-refractivity contribution is -0.127. The van der Waals surface area contributed by atoms with Crippen LogP contribution in [0.5, 0.6) is 0 Å². The summed E-state index contributed by atoms with van der Waals surface area (Å²) in [5, 5.41) is 29.3. The summed E-state index contributed by atoms with van der Waals surface area (Å²) < 4.78 is 0. The number of likely N-dealkylation sites (tertiary alicyclic amines) is 1. The summed E-state index contributed by atoms with van der Waals surface area (Å²) >= 11 is 0. The Balaban J connectivity index is 0.930. The molecule has 11 nitrogen and oxygen atoms in total. The van der Waals surface area contributed by atoms with Crippen LogP contribution in [0.4, 0.5) is 5.82 Å². The van der Waals surface area contributed by atoms with Crippen molar-refractivity contribution in [3.8, 4) is 0 Å². The molecule has 1 spiro atoms. The Morgan fingerprint density at radius 2 is 1.85 bits per heavy atom. The summed E-state index contributed by atoms with van der Waals surface area (Å²) in [5.74, 6) is 0.287. The maximum Gasteiger partial charge on any atom is 0.271 e. The van der Waals surface area contributed by atoms with E-state index in [-0.39, 0.29) is 41.4 Å². The van der Waals surface area contributed by atoms with E-state index in [1.165, 1.54) is 17.5 Å². The lowest BCUT2D eigenvalue weighted by Gasteiger charge is -2.52. The summed E-state index contributed by atoms with van der Waals surface area (Å²) in [6, 6.07) is 10.3. The molecule has 218 valence electrons. The minimum Gasteiger partial charge on any atom is -0.410 e. The van der Waals surface area contributed by atoms with Gasteiger partial charge in [0.15, 0.2) is 0 Å². The van der Waals surface area contributed by atoms with Crippen molar-refractivity contribution in [3.05, 3.63) is 53.5 Å². The number of aliphatic hydroxyl groups excluding tert-OH is 1. The molecular weight excluding hydrogens is 522 g/mol. The highest BCUT2D eigenvalue weighted by Crippen LogP contribution is 2.50. The molecule has 2 saturated carbocycles. The normalized spacial score (nSPS) is 21.6. The maximum absolute atomic E-state index is 12.8. The first-order chi connectivity index (χ1) is 19.9. The molecule has 2 aliphatic heterocycles. The molecule has 0 unspecified atom stereocenters. The van der Waals surface area contributed by atoms with E-state index in [4.69, 9.17) is 0 Å². The molecule has 11 heteroatoms. The largest absolute Gasteiger partial charge is 0.410 e. The van der Waals surface area contributed by atoms with E-state index in [2.05, 4.69) is 48.9 Å². The second-order valence-electron chi connectivity index (χ2n) is 12.2. The van der Waals surface area contributed by atoms with Gasteiger partial charge in [-0.05, 0) is 61.5 Å². The summed E-state index contributed by atoms with van der Waals surface area (Å²) in [4.78, 5) is 37.9. The van der Waals surface area contributed by atoms with Gasteiger partial charge in [0.25, 0.3) is 11.8 Å². The Hall–Kier alpha value is -3.57. The van der Waals surface area contributed by atoms with Crippen LogP contribution in [-0.2, 0) is 17.8 Å². The number of nitrogens with zero attached hydrogens (tertiary/aromatic N) is 5. The van der Waals surface area contributed by atoms with Crippen molar-refractivity contribution in [3.63, 3.8) is 0 Å². The number of carbonyl (C=O) groups is 2. The number of fused-ring (bicyclic) bond motifs is 1. The van der Waals surface area contributed by atoms with E-state index in [0.29, 0.717) is 31.2 Å². The van der Waals surface area contributed by atoms with Gasteiger partial charge in [-0.3, -0.25) is 14.5 Å². The number of rotatable bonds is 9. The molecule has 0 bridgehead atoms. The second kappa shape index (κ2) is 11.7. The molecule has 6 rings (SSSR count). The molecule has 4 N–H and O–H groups in total. The van der Waals surface area contributed by atoms with E-state index in [9.17, 15) is 19.9 Å². The Morgan fingerprint density at radius 3 is 2.59 bits per heavy atom. The van der Waals surface area contributed by atoms with Crippen LogP contribution in [0.25, 0.3) is 0 Å². The van der Waals surface area contributed by atoms with Crippen LogP contribution >= 0.6 is 0 Å². The first-order valence-electron chi connectivity index (χ1n) is 14.8. The highest BCUT2D eigenvalue weighted by atomic mass is 16.4. The van der Waals surface area contributed by atoms with Crippen LogP contribution in [-0.4, -0.2) is 92.5 Å². The zero-order valence-corrected chi connectivity index (χ0v) is 23.3. The topological polar surface area (TPSA) is 143 Å². The Kier molecular flexibility index (Phi) is 7.90. The van der Waals surface area contributed by atoms with Crippen molar-refractivity contribution >= 4 is 23.3 Å². The highest BCUT2D eigenvalue weighted by molar-refractivity contribution is 6.40. The summed E-state index contributed by atoms with van der Waals surface area (Å²) in [6.07, 6.45) is 7.37. The number of amides is 2. The fourth-order valence-electron chi connectivity index (χ4n) is 6.64. The number of β-amino-alcohol motifs (C(OH)–C–C–N with tert-alkyl or cyclic N) is 1. The van der Waals surface area contributed by atoms with E-state index in [1.54, 1.807) is 6.07 Å². The number of nitrogens with one attached hydrogen (secondary N) is 2. The number of hydrogen-bond acceptors (Lipinski definition) is 9. The summed E-state index contributed by atoms with van der Waals surface area (Å²) in [6.45, 7) is 3.72. The third-order valence-electron chi connectivity index (χ3n) is 9.19. The molecule has 2 aliphatic carbocycles. The van der Waals surface area contributed by atoms with Gasteiger partial charge in [0.05, 0.1) is 6.10 Å². The molecule has 1 saturated heterocycles. The van der Waals surface area contributed by atoms with Gasteiger partial charge in [-0.25, -0.2) is 9.97 Å². The number of carbonyl (C=O) groups excluding carboxylic acids is 2. The summed E-state index contributed by atoms with van der Waals surface area (Å²) in [7, 11) is 0. The molecule has 1 aromatic heterocycles. The lowest BCUT2D eigenvalue weighted by atomic mass is 9.60. The highest BCUT2D eigenvalue weighted by Gasteiger charge is 2.47. The molecule has 41 heavy (non-hydrogen) atoms. The predicted molar refractivity (Wildman–Crippen MR) is 153 cm³/mol. The minimum absolute atomic E-state index is 0.115. The van der Waals surface area contributed by atoms with Gasteiger partial charge in [0, 0.05) is 57.3 Å². The molecule has 0 radical (unpaired) electrons. The molecule has 3 fully saturated rings. The molecule has 1 atom stereocenters. The zero-order valence-electron chi connectivity index (χ0n) is 23.3. The second-order valence-corrected chi connectivity index (χ2v) is 12.2. The number of aliphatic hydroxyl groups is 1. The van der Waals surface area contributed by atoms with Gasteiger partial charge in [0.1, 0.15) is 23.6 Å².